The van der Waals surface area contributed by atoms with Crippen LogP contribution in [0.15, 0.2) is 48.5 Å². The summed E-state index contributed by atoms with van der Waals surface area (Å²) in [7, 11) is 1.64. The molecule has 1 heterocycles. The van der Waals surface area contributed by atoms with Crippen molar-refractivity contribution >= 4 is 17.5 Å². The standard InChI is InChI=1S/C24H30FN3O3/c1-31-22-9-6-19(7-10-22)8-11-24(30)28-14-3-13-27(16-17-28)15-12-23(29)26-21-5-2-4-20(25)18-21/h2,4-7,9-10,18H,3,8,11-17H2,1H3,(H,26,29). The number of methoxy groups -OCH3 is 1. The van der Waals surface area contributed by atoms with E-state index < -0.39 is 0 Å². The molecule has 0 spiro atoms. The van der Waals surface area contributed by atoms with Crippen molar-refractivity contribution in [3.8, 4) is 5.75 Å². The summed E-state index contributed by atoms with van der Waals surface area (Å²) in [6, 6.07) is 13.7. The van der Waals surface area contributed by atoms with Crippen LogP contribution in [0.1, 0.15) is 24.8 Å². The minimum Gasteiger partial charge on any atom is -0.497 e. The van der Waals surface area contributed by atoms with E-state index in [4.69, 9.17) is 4.74 Å². The van der Waals surface area contributed by atoms with Crippen LogP contribution < -0.4 is 10.1 Å². The largest absolute Gasteiger partial charge is 0.497 e. The number of carbonyl (C=O) groups is 2. The fourth-order valence-electron chi connectivity index (χ4n) is 3.69. The zero-order valence-electron chi connectivity index (χ0n) is 18.0. The van der Waals surface area contributed by atoms with E-state index in [2.05, 4.69) is 10.2 Å². The van der Waals surface area contributed by atoms with Gasteiger partial charge in [-0.3, -0.25) is 9.59 Å². The third-order valence-electron chi connectivity index (χ3n) is 5.49. The summed E-state index contributed by atoms with van der Waals surface area (Å²) in [6.45, 7) is 3.65. The Labute approximate surface area is 183 Å². The summed E-state index contributed by atoms with van der Waals surface area (Å²) in [5.41, 5.74) is 1.59. The van der Waals surface area contributed by atoms with E-state index in [9.17, 15) is 14.0 Å². The lowest BCUT2D eigenvalue weighted by molar-refractivity contribution is -0.131. The number of benzene rings is 2. The van der Waals surface area contributed by atoms with Crippen molar-refractivity contribution in [3.05, 3.63) is 59.9 Å². The van der Waals surface area contributed by atoms with E-state index in [1.54, 1.807) is 19.2 Å². The van der Waals surface area contributed by atoms with Crippen LogP contribution in [0, 0.1) is 5.82 Å². The molecule has 1 N–H and O–H groups in total. The van der Waals surface area contributed by atoms with Gasteiger partial charge in [-0.2, -0.15) is 0 Å². The molecule has 2 aromatic carbocycles. The molecular formula is C24H30FN3O3. The molecule has 1 saturated heterocycles. The first kappa shape index (κ1) is 22.7. The lowest BCUT2D eigenvalue weighted by Gasteiger charge is -2.22. The van der Waals surface area contributed by atoms with Gasteiger partial charge in [-0.25, -0.2) is 4.39 Å². The topological polar surface area (TPSA) is 61.9 Å². The maximum absolute atomic E-state index is 13.2. The highest BCUT2D eigenvalue weighted by Crippen LogP contribution is 2.14. The van der Waals surface area contributed by atoms with Gasteiger partial charge < -0.3 is 19.9 Å². The quantitative estimate of drug-likeness (QED) is 0.702. The molecule has 0 atom stereocenters. The Kier molecular flexibility index (Phi) is 8.41. The summed E-state index contributed by atoms with van der Waals surface area (Å²) >= 11 is 0. The van der Waals surface area contributed by atoms with E-state index in [-0.39, 0.29) is 17.6 Å². The Balaban J connectivity index is 1.38. The molecule has 1 fully saturated rings. The number of rotatable bonds is 8. The normalized spacial score (nSPS) is 14.7. The van der Waals surface area contributed by atoms with E-state index in [0.29, 0.717) is 38.0 Å². The average Bonchev–Trinajstić information content (AvgIpc) is 3.02. The van der Waals surface area contributed by atoms with Crippen LogP contribution in [-0.2, 0) is 16.0 Å². The summed E-state index contributed by atoms with van der Waals surface area (Å²) in [4.78, 5) is 28.9. The fourth-order valence-corrected chi connectivity index (χ4v) is 3.69. The Hall–Kier alpha value is -2.93. The van der Waals surface area contributed by atoms with Crippen molar-refractivity contribution in [1.82, 2.24) is 9.80 Å². The summed E-state index contributed by atoms with van der Waals surface area (Å²) in [5, 5.41) is 2.73. The van der Waals surface area contributed by atoms with Crippen molar-refractivity contribution in [2.75, 3.05) is 45.2 Å². The highest BCUT2D eigenvalue weighted by Gasteiger charge is 2.19. The lowest BCUT2D eigenvalue weighted by atomic mass is 10.1. The van der Waals surface area contributed by atoms with Crippen LogP contribution in [0.5, 0.6) is 5.75 Å². The Bertz CT molecular complexity index is 873. The number of aryl methyl sites for hydroxylation is 1. The molecule has 1 aliphatic rings. The van der Waals surface area contributed by atoms with Gasteiger partial charge in [0.15, 0.2) is 0 Å². The Morgan fingerprint density at radius 2 is 1.84 bits per heavy atom. The number of amides is 2. The number of carbonyl (C=O) groups excluding carboxylic acids is 2. The van der Waals surface area contributed by atoms with Crippen LogP contribution in [0.4, 0.5) is 10.1 Å². The molecule has 0 radical (unpaired) electrons. The van der Waals surface area contributed by atoms with Gasteiger partial charge in [0, 0.05) is 44.7 Å². The van der Waals surface area contributed by atoms with Crippen LogP contribution >= 0.6 is 0 Å². The van der Waals surface area contributed by atoms with Gasteiger partial charge in [-0.1, -0.05) is 18.2 Å². The van der Waals surface area contributed by atoms with Crippen molar-refractivity contribution in [2.24, 2.45) is 0 Å². The smallest absolute Gasteiger partial charge is 0.225 e. The molecule has 0 unspecified atom stereocenters. The molecule has 0 aliphatic carbocycles. The first-order valence-corrected chi connectivity index (χ1v) is 10.7. The third-order valence-corrected chi connectivity index (χ3v) is 5.49. The first-order chi connectivity index (χ1) is 15.0. The van der Waals surface area contributed by atoms with E-state index in [0.717, 1.165) is 37.4 Å². The highest BCUT2D eigenvalue weighted by molar-refractivity contribution is 5.90. The third kappa shape index (κ3) is 7.36. The average molecular weight is 428 g/mol. The zero-order chi connectivity index (χ0) is 22.1. The first-order valence-electron chi connectivity index (χ1n) is 10.7. The van der Waals surface area contributed by atoms with Gasteiger partial charge in [0.25, 0.3) is 0 Å². The second kappa shape index (κ2) is 11.5. The molecule has 0 bridgehead atoms. The van der Waals surface area contributed by atoms with E-state index in [1.807, 2.05) is 29.2 Å². The Morgan fingerprint density at radius 1 is 1.03 bits per heavy atom. The summed E-state index contributed by atoms with van der Waals surface area (Å²) in [6.07, 6.45) is 2.42. The molecule has 7 heteroatoms. The van der Waals surface area contributed by atoms with Crippen molar-refractivity contribution in [1.29, 1.82) is 0 Å². The van der Waals surface area contributed by atoms with Gasteiger partial charge in [-0.05, 0) is 55.3 Å². The molecular weight excluding hydrogens is 397 g/mol. The van der Waals surface area contributed by atoms with Crippen molar-refractivity contribution in [2.45, 2.75) is 25.7 Å². The lowest BCUT2D eigenvalue weighted by Crippen LogP contribution is -2.36. The van der Waals surface area contributed by atoms with Gasteiger partial charge in [0.1, 0.15) is 11.6 Å². The molecule has 6 nitrogen and oxygen atoms in total. The number of halogens is 1. The fraction of sp³-hybridized carbons (Fsp3) is 0.417. The van der Waals surface area contributed by atoms with Crippen LogP contribution in [0.2, 0.25) is 0 Å². The molecule has 31 heavy (non-hydrogen) atoms. The second-order valence-electron chi connectivity index (χ2n) is 7.73. The van der Waals surface area contributed by atoms with Gasteiger partial charge in [0.05, 0.1) is 7.11 Å². The van der Waals surface area contributed by atoms with Crippen LogP contribution in [0.3, 0.4) is 0 Å². The summed E-state index contributed by atoms with van der Waals surface area (Å²) < 4.78 is 18.4. The van der Waals surface area contributed by atoms with Crippen molar-refractivity contribution in [3.63, 3.8) is 0 Å². The SMILES string of the molecule is COc1ccc(CCC(=O)N2CCCN(CCC(=O)Nc3cccc(F)c3)CC2)cc1. The maximum atomic E-state index is 13.2. The minimum absolute atomic E-state index is 0.137. The number of hydrogen-bond donors (Lipinski definition) is 1. The zero-order valence-corrected chi connectivity index (χ0v) is 18.0. The molecule has 2 amide bonds. The Morgan fingerprint density at radius 3 is 2.58 bits per heavy atom. The molecule has 166 valence electrons. The number of nitrogens with one attached hydrogen (secondary N) is 1. The number of nitrogens with zero attached hydrogens (tertiary/aromatic N) is 2. The number of ether oxygens (including phenoxy) is 1. The number of anilines is 1. The van der Waals surface area contributed by atoms with Gasteiger partial charge in [-0.15, -0.1) is 0 Å². The predicted octanol–water partition coefficient (Wildman–Crippen LogP) is 3.33. The predicted molar refractivity (Wildman–Crippen MR) is 119 cm³/mol. The molecule has 1 aliphatic heterocycles. The van der Waals surface area contributed by atoms with E-state index >= 15 is 0 Å². The minimum atomic E-state index is -0.373. The molecule has 2 aromatic rings. The second-order valence-corrected chi connectivity index (χ2v) is 7.73. The number of hydrogen-bond acceptors (Lipinski definition) is 4. The molecule has 0 aromatic heterocycles. The van der Waals surface area contributed by atoms with Gasteiger partial charge >= 0.3 is 0 Å². The maximum Gasteiger partial charge on any atom is 0.225 e. The molecule has 3 rings (SSSR count). The van der Waals surface area contributed by atoms with Crippen LogP contribution in [-0.4, -0.2) is 61.4 Å². The van der Waals surface area contributed by atoms with Crippen molar-refractivity contribution < 1.29 is 18.7 Å². The monoisotopic (exact) mass is 427 g/mol. The highest BCUT2D eigenvalue weighted by atomic mass is 19.1. The van der Waals surface area contributed by atoms with Crippen LogP contribution in [0.25, 0.3) is 0 Å². The van der Waals surface area contributed by atoms with Gasteiger partial charge in [0.2, 0.25) is 11.8 Å². The summed E-state index contributed by atoms with van der Waals surface area (Å²) in [5.74, 6) is 0.471. The van der Waals surface area contributed by atoms with E-state index in [1.165, 1.54) is 12.1 Å². The molecule has 0 saturated carbocycles.